The molecule has 2 aromatic rings. The van der Waals surface area contributed by atoms with Crippen molar-refractivity contribution in [2.24, 2.45) is 0 Å². The molecular formula is C13H11F3N4O2. The van der Waals surface area contributed by atoms with Crippen molar-refractivity contribution in [2.75, 3.05) is 12.8 Å². The zero-order chi connectivity index (χ0) is 16.3. The molecule has 1 aromatic carbocycles. The Labute approximate surface area is 123 Å². The van der Waals surface area contributed by atoms with Crippen molar-refractivity contribution in [3.8, 4) is 11.6 Å². The Morgan fingerprint density at radius 2 is 2.05 bits per heavy atom. The van der Waals surface area contributed by atoms with E-state index >= 15 is 0 Å². The number of nitrogens with zero attached hydrogens (tertiary/aromatic N) is 2. The summed E-state index contributed by atoms with van der Waals surface area (Å²) in [4.78, 5) is 18.0. The molecule has 0 aliphatic heterocycles. The van der Waals surface area contributed by atoms with E-state index in [1.165, 1.54) is 31.3 Å². The Hall–Kier alpha value is -2.84. The van der Waals surface area contributed by atoms with E-state index in [4.69, 9.17) is 10.5 Å². The molecule has 1 heterocycles. The second-order valence-electron chi connectivity index (χ2n) is 4.15. The third-order valence-corrected chi connectivity index (χ3v) is 2.60. The van der Waals surface area contributed by atoms with Gasteiger partial charge in [0, 0.05) is 25.0 Å². The number of carbonyl (C=O) groups excluding carboxylic acids is 1. The van der Waals surface area contributed by atoms with Crippen LogP contribution < -0.4 is 15.8 Å². The SMILES string of the molecule is CNC(=O)c1cc(Oc2ccnc(C(F)(F)F)n2)ccc1N. The van der Waals surface area contributed by atoms with Crippen LogP contribution in [0.5, 0.6) is 11.6 Å². The van der Waals surface area contributed by atoms with Gasteiger partial charge < -0.3 is 15.8 Å². The fraction of sp³-hybridized carbons (Fsp3) is 0.154. The Morgan fingerprint density at radius 1 is 1.32 bits per heavy atom. The Kier molecular flexibility index (Phi) is 4.15. The Morgan fingerprint density at radius 3 is 2.68 bits per heavy atom. The molecule has 9 heteroatoms. The van der Waals surface area contributed by atoms with Crippen LogP contribution in [0.4, 0.5) is 18.9 Å². The molecule has 0 saturated heterocycles. The predicted octanol–water partition coefficient (Wildman–Crippen LogP) is 2.23. The van der Waals surface area contributed by atoms with Crippen LogP contribution in [0.3, 0.4) is 0 Å². The summed E-state index contributed by atoms with van der Waals surface area (Å²) in [5, 5.41) is 2.39. The van der Waals surface area contributed by atoms with Gasteiger partial charge in [0.2, 0.25) is 11.7 Å². The van der Waals surface area contributed by atoms with E-state index in [1.807, 2.05) is 0 Å². The van der Waals surface area contributed by atoms with Crippen LogP contribution in [0.1, 0.15) is 16.2 Å². The van der Waals surface area contributed by atoms with Gasteiger partial charge in [0.25, 0.3) is 5.91 Å². The molecular weight excluding hydrogens is 301 g/mol. The summed E-state index contributed by atoms with van der Waals surface area (Å²) >= 11 is 0. The zero-order valence-corrected chi connectivity index (χ0v) is 11.3. The van der Waals surface area contributed by atoms with Crippen molar-refractivity contribution in [2.45, 2.75) is 6.18 Å². The van der Waals surface area contributed by atoms with E-state index in [1.54, 1.807) is 0 Å². The van der Waals surface area contributed by atoms with Crippen LogP contribution >= 0.6 is 0 Å². The Bertz CT molecular complexity index is 704. The minimum Gasteiger partial charge on any atom is -0.439 e. The van der Waals surface area contributed by atoms with Crippen LogP contribution in [-0.2, 0) is 6.18 Å². The molecule has 116 valence electrons. The van der Waals surface area contributed by atoms with E-state index < -0.39 is 17.9 Å². The maximum absolute atomic E-state index is 12.5. The first-order chi connectivity index (χ1) is 10.3. The van der Waals surface area contributed by atoms with Gasteiger partial charge in [-0.2, -0.15) is 18.2 Å². The highest BCUT2D eigenvalue weighted by atomic mass is 19.4. The number of benzene rings is 1. The minimum atomic E-state index is -4.67. The van der Waals surface area contributed by atoms with Crippen LogP contribution in [0, 0.1) is 0 Å². The molecule has 0 fully saturated rings. The lowest BCUT2D eigenvalue weighted by Gasteiger charge is -2.10. The molecule has 22 heavy (non-hydrogen) atoms. The number of alkyl halides is 3. The van der Waals surface area contributed by atoms with E-state index in [0.29, 0.717) is 0 Å². The first-order valence-corrected chi connectivity index (χ1v) is 6.01. The number of amides is 1. The lowest BCUT2D eigenvalue weighted by molar-refractivity contribution is -0.145. The topological polar surface area (TPSA) is 90.1 Å². The molecule has 0 spiro atoms. The summed E-state index contributed by atoms with van der Waals surface area (Å²) < 4.78 is 42.8. The van der Waals surface area contributed by atoms with Crippen molar-refractivity contribution >= 4 is 11.6 Å². The highest BCUT2D eigenvalue weighted by molar-refractivity contribution is 5.99. The molecule has 3 N–H and O–H groups in total. The summed E-state index contributed by atoms with van der Waals surface area (Å²) in [6.07, 6.45) is -3.74. The number of nitrogens with two attached hydrogens (primary N) is 1. The number of nitrogens with one attached hydrogen (secondary N) is 1. The predicted molar refractivity (Wildman–Crippen MR) is 71.4 cm³/mol. The molecule has 0 radical (unpaired) electrons. The van der Waals surface area contributed by atoms with Crippen LogP contribution in [0.15, 0.2) is 30.5 Å². The average molecular weight is 312 g/mol. The summed E-state index contributed by atoms with van der Waals surface area (Å²) in [5.41, 5.74) is 6.01. The number of aromatic nitrogens is 2. The second-order valence-corrected chi connectivity index (χ2v) is 4.15. The van der Waals surface area contributed by atoms with Crippen molar-refractivity contribution < 1.29 is 22.7 Å². The van der Waals surface area contributed by atoms with Crippen LogP contribution in [0.2, 0.25) is 0 Å². The fourth-order valence-corrected chi connectivity index (χ4v) is 1.59. The van der Waals surface area contributed by atoms with E-state index in [9.17, 15) is 18.0 Å². The number of nitrogen functional groups attached to an aromatic ring is 1. The quantitative estimate of drug-likeness (QED) is 0.848. The molecule has 0 atom stereocenters. The number of carbonyl (C=O) groups is 1. The summed E-state index contributed by atoms with van der Waals surface area (Å²) in [6.45, 7) is 0. The second kappa shape index (κ2) is 5.88. The van der Waals surface area contributed by atoms with Gasteiger partial charge in [-0.3, -0.25) is 4.79 Å². The summed E-state index contributed by atoms with van der Waals surface area (Å²) in [5.74, 6) is -1.93. The van der Waals surface area contributed by atoms with Gasteiger partial charge in [-0.1, -0.05) is 0 Å². The van der Waals surface area contributed by atoms with Crippen molar-refractivity contribution in [1.82, 2.24) is 15.3 Å². The zero-order valence-electron chi connectivity index (χ0n) is 11.3. The number of anilines is 1. The maximum atomic E-state index is 12.5. The number of halogens is 3. The summed E-state index contributed by atoms with van der Waals surface area (Å²) in [7, 11) is 1.43. The molecule has 0 aliphatic carbocycles. The number of ether oxygens (including phenoxy) is 1. The van der Waals surface area contributed by atoms with Crippen molar-refractivity contribution in [3.05, 3.63) is 41.9 Å². The molecule has 1 aromatic heterocycles. The number of rotatable bonds is 3. The first-order valence-electron chi connectivity index (χ1n) is 6.01. The highest BCUT2D eigenvalue weighted by Gasteiger charge is 2.34. The summed E-state index contributed by atoms with van der Waals surface area (Å²) in [6, 6.07) is 5.30. The molecule has 0 unspecified atom stereocenters. The third kappa shape index (κ3) is 3.43. The van der Waals surface area contributed by atoms with Gasteiger partial charge in [-0.15, -0.1) is 0 Å². The molecule has 0 bridgehead atoms. The highest BCUT2D eigenvalue weighted by Crippen LogP contribution is 2.29. The number of hydrogen-bond acceptors (Lipinski definition) is 5. The first kappa shape index (κ1) is 15.5. The number of hydrogen-bond donors (Lipinski definition) is 2. The van der Waals surface area contributed by atoms with Gasteiger partial charge >= 0.3 is 6.18 Å². The van der Waals surface area contributed by atoms with Gasteiger partial charge in [0.15, 0.2) is 0 Å². The molecule has 2 rings (SSSR count). The molecule has 0 saturated carbocycles. The van der Waals surface area contributed by atoms with E-state index in [2.05, 4.69) is 15.3 Å². The van der Waals surface area contributed by atoms with Crippen LogP contribution in [0.25, 0.3) is 0 Å². The normalized spacial score (nSPS) is 11.1. The lowest BCUT2D eigenvalue weighted by Crippen LogP contribution is -2.19. The van der Waals surface area contributed by atoms with Crippen molar-refractivity contribution in [1.29, 1.82) is 0 Å². The molecule has 0 aliphatic rings. The largest absolute Gasteiger partial charge is 0.451 e. The van der Waals surface area contributed by atoms with E-state index in [0.717, 1.165) is 6.20 Å². The standard InChI is InChI=1S/C13H11F3N4O2/c1-18-11(21)8-6-7(2-3-9(8)17)22-10-4-5-19-12(20-10)13(14,15)16/h2-6H,17H2,1H3,(H,18,21). The molecule has 1 amide bonds. The Balaban J connectivity index is 2.30. The smallest absolute Gasteiger partial charge is 0.439 e. The molecule has 6 nitrogen and oxygen atoms in total. The minimum absolute atomic E-state index is 0.125. The monoisotopic (exact) mass is 312 g/mol. The lowest BCUT2D eigenvalue weighted by atomic mass is 10.1. The fourth-order valence-electron chi connectivity index (χ4n) is 1.59. The van der Waals surface area contributed by atoms with Gasteiger partial charge in [-0.25, -0.2) is 4.98 Å². The van der Waals surface area contributed by atoms with E-state index in [-0.39, 0.29) is 22.9 Å². The average Bonchev–Trinajstić information content (AvgIpc) is 2.48. The van der Waals surface area contributed by atoms with Crippen molar-refractivity contribution in [3.63, 3.8) is 0 Å². The van der Waals surface area contributed by atoms with Crippen LogP contribution in [-0.4, -0.2) is 22.9 Å². The maximum Gasteiger partial charge on any atom is 0.451 e. The third-order valence-electron chi connectivity index (χ3n) is 2.60. The van der Waals surface area contributed by atoms with Gasteiger partial charge in [0.1, 0.15) is 5.75 Å². The van der Waals surface area contributed by atoms with Gasteiger partial charge in [-0.05, 0) is 18.2 Å². The van der Waals surface area contributed by atoms with Gasteiger partial charge in [0.05, 0.1) is 5.56 Å².